The molecule has 2 unspecified atom stereocenters. The molecular formula is C16H25BrN2O4. The topological polar surface area (TPSA) is 63.9 Å². The summed E-state index contributed by atoms with van der Waals surface area (Å²) in [4.78, 5) is 13.9. The summed E-state index contributed by atoms with van der Waals surface area (Å²) in [7, 11) is 1.66. The summed E-state index contributed by atoms with van der Waals surface area (Å²) in [6, 6.07) is 3.82. The zero-order valence-electron chi connectivity index (χ0n) is 14.3. The molecule has 0 saturated carbocycles. The number of nitrogens with one attached hydrogen (secondary N) is 1. The van der Waals surface area contributed by atoms with Crippen LogP contribution in [0, 0.1) is 0 Å². The van der Waals surface area contributed by atoms with Gasteiger partial charge in [-0.25, -0.2) is 4.79 Å². The molecule has 1 amide bonds. The maximum absolute atomic E-state index is 12.2. The van der Waals surface area contributed by atoms with E-state index in [0.29, 0.717) is 17.8 Å². The third kappa shape index (κ3) is 4.96. The molecule has 0 radical (unpaired) electrons. The number of rotatable bonds is 4. The van der Waals surface area contributed by atoms with Gasteiger partial charge in [0.15, 0.2) is 4.67 Å². The van der Waals surface area contributed by atoms with Gasteiger partial charge in [-0.2, -0.15) is 0 Å². The van der Waals surface area contributed by atoms with Gasteiger partial charge in [0.25, 0.3) is 0 Å². The molecular weight excluding hydrogens is 364 g/mol. The van der Waals surface area contributed by atoms with E-state index in [1.165, 1.54) is 0 Å². The normalized spacial score (nSPS) is 23.1. The lowest BCUT2D eigenvalue weighted by Crippen LogP contribution is -2.41. The number of carbonyl (C=O) groups is 1. The Morgan fingerprint density at radius 1 is 1.43 bits per heavy atom. The van der Waals surface area contributed by atoms with Crippen LogP contribution in [-0.4, -0.2) is 48.9 Å². The molecule has 0 aliphatic carbocycles. The maximum Gasteiger partial charge on any atom is 0.410 e. The molecule has 23 heavy (non-hydrogen) atoms. The molecule has 2 heterocycles. The Hall–Kier alpha value is -1.05. The van der Waals surface area contributed by atoms with E-state index in [2.05, 4.69) is 21.2 Å². The van der Waals surface area contributed by atoms with E-state index < -0.39 is 5.60 Å². The minimum Gasteiger partial charge on any atom is -0.453 e. The van der Waals surface area contributed by atoms with Gasteiger partial charge < -0.3 is 24.1 Å². The first-order valence-electron chi connectivity index (χ1n) is 7.71. The Morgan fingerprint density at radius 2 is 2.13 bits per heavy atom. The average Bonchev–Trinajstić information content (AvgIpc) is 3.03. The third-order valence-corrected chi connectivity index (χ3v) is 4.13. The molecule has 0 spiro atoms. The predicted molar refractivity (Wildman–Crippen MR) is 90.4 cm³/mol. The van der Waals surface area contributed by atoms with Crippen LogP contribution in [0.2, 0.25) is 0 Å². The van der Waals surface area contributed by atoms with Gasteiger partial charge in [-0.3, -0.25) is 0 Å². The monoisotopic (exact) mass is 388 g/mol. The van der Waals surface area contributed by atoms with Crippen LogP contribution in [-0.2, 0) is 9.47 Å². The SMILES string of the molecule is CO[C@H]1CN(C(=O)OC(C)(C)C)CC1NC(C)c1ccc(Br)o1. The summed E-state index contributed by atoms with van der Waals surface area (Å²) in [6.45, 7) is 8.66. The standard InChI is InChI=1S/C16H25BrN2O4/c1-10(12-6-7-14(17)22-12)18-11-8-19(9-13(11)21-5)15(20)23-16(2,3)4/h6-7,10-11,13,18H,8-9H2,1-5H3/t10?,11?,13-/m0/s1. The van der Waals surface area contributed by atoms with Gasteiger partial charge in [0, 0.05) is 13.7 Å². The van der Waals surface area contributed by atoms with Crippen LogP contribution in [0.4, 0.5) is 4.79 Å². The van der Waals surface area contributed by atoms with Gasteiger partial charge in [-0.1, -0.05) is 0 Å². The number of amides is 1. The summed E-state index contributed by atoms with van der Waals surface area (Å²) in [5.74, 6) is 0.836. The highest BCUT2D eigenvalue weighted by molar-refractivity contribution is 9.10. The lowest BCUT2D eigenvalue weighted by molar-refractivity contribution is 0.0252. The van der Waals surface area contributed by atoms with Crippen LogP contribution in [0.25, 0.3) is 0 Å². The molecule has 1 N–H and O–H groups in total. The van der Waals surface area contributed by atoms with Crippen molar-refractivity contribution < 1.29 is 18.7 Å². The Morgan fingerprint density at radius 3 is 2.65 bits per heavy atom. The van der Waals surface area contributed by atoms with Gasteiger partial charge >= 0.3 is 6.09 Å². The fourth-order valence-electron chi connectivity index (χ4n) is 2.61. The molecule has 6 nitrogen and oxygen atoms in total. The highest BCUT2D eigenvalue weighted by atomic mass is 79.9. The molecule has 1 saturated heterocycles. The van der Waals surface area contributed by atoms with Crippen LogP contribution < -0.4 is 5.32 Å². The molecule has 0 aromatic carbocycles. The minimum atomic E-state index is -0.501. The second kappa shape index (κ2) is 7.23. The Labute approximate surface area is 145 Å². The molecule has 1 aliphatic rings. The van der Waals surface area contributed by atoms with E-state index in [9.17, 15) is 4.79 Å². The van der Waals surface area contributed by atoms with Crippen molar-refractivity contribution in [3.05, 3.63) is 22.6 Å². The van der Waals surface area contributed by atoms with Crippen molar-refractivity contribution in [1.29, 1.82) is 0 Å². The zero-order valence-corrected chi connectivity index (χ0v) is 15.8. The molecule has 1 fully saturated rings. The summed E-state index contributed by atoms with van der Waals surface area (Å²) in [5.41, 5.74) is -0.501. The summed E-state index contributed by atoms with van der Waals surface area (Å²) in [5, 5.41) is 3.47. The Kier molecular flexibility index (Phi) is 5.75. The Balaban J connectivity index is 1.97. The van der Waals surface area contributed by atoms with E-state index in [0.717, 1.165) is 5.76 Å². The first-order valence-corrected chi connectivity index (χ1v) is 8.51. The van der Waals surface area contributed by atoms with E-state index in [4.69, 9.17) is 13.9 Å². The van der Waals surface area contributed by atoms with Crippen molar-refractivity contribution in [3.8, 4) is 0 Å². The average molecular weight is 389 g/mol. The van der Waals surface area contributed by atoms with Crippen molar-refractivity contribution in [1.82, 2.24) is 10.2 Å². The minimum absolute atomic E-state index is 0.0162. The second-order valence-corrected chi connectivity index (χ2v) is 7.58. The number of nitrogens with zero attached hydrogens (tertiary/aromatic N) is 1. The smallest absolute Gasteiger partial charge is 0.410 e. The fraction of sp³-hybridized carbons (Fsp3) is 0.688. The van der Waals surface area contributed by atoms with Crippen LogP contribution in [0.5, 0.6) is 0 Å². The molecule has 0 bridgehead atoms. The number of hydrogen-bond acceptors (Lipinski definition) is 5. The van der Waals surface area contributed by atoms with Crippen molar-refractivity contribution in [2.75, 3.05) is 20.2 Å². The summed E-state index contributed by atoms with van der Waals surface area (Å²) in [6.07, 6.45) is -0.388. The van der Waals surface area contributed by atoms with Crippen molar-refractivity contribution in [3.63, 3.8) is 0 Å². The highest BCUT2D eigenvalue weighted by Crippen LogP contribution is 2.23. The maximum atomic E-state index is 12.2. The van der Waals surface area contributed by atoms with E-state index in [1.54, 1.807) is 12.0 Å². The lowest BCUT2D eigenvalue weighted by Gasteiger charge is -2.24. The predicted octanol–water partition coefficient (Wildman–Crippen LogP) is 3.33. The molecule has 3 atom stereocenters. The number of methoxy groups -OCH3 is 1. The van der Waals surface area contributed by atoms with Crippen molar-refractivity contribution >= 4 is 22.0 Å². The number of halogens is 1. The molecule has 1 aromatic rings. The van der Waals surface area contributed by atoms with Crippen molar-refractivity contribution in [2.45, 2.75) is 51.5 Å². The zero-order chi connectivity index (χ0) is 17.2. The van der Waals surface area contributed by atoms with Gasteiger partial charge in [0.1, 0.15) is 11.4 Å². The highest BCUT2D eigenvalue weighted by Gasteiger charge is 2.38. The van der Waals surface area contributed by atoms with E-state index in [-0.39, 0.29) is 24.3 Å². The van der Waals surface area contributed by atoms with Crippen molar-refractivity contribution in [2.24, 2.45) is 0 Å². The molecule has 130 valence electrons. The molecule has 2 rings (SSSR count). The molecule has 1 aromatic heterocycles. The summed E-state index contributed by atoms with van der Waals surface area (Å²) < 4.78 is 17.2. The number of carbonyl (C=O) groups excluding carboxylic acids is 1. The van der Waals surface area contributed by atoms with Crippen LogP contribution in [0.3, 0.4) is 0 Å². The van der Waals surface area contributed by atoms with Crippen LogP contribution in [0.15, 0.2) is 21.2 Å². The van der Waals surface area contributed by atoms with Gasteiger partial charge in [0.2, 0.25) is 0 Å². The number of ether oxygens (including phenoxy) is 2. The Bertz CT molecular complexity index is 540. The summed E-state index contributed by atoms with van der Waals surface area (Å²) >= 11 is 3.31. The molecule has 1 aliphatic heterocycles. The first kappa shape index (κ1) is 18.3. The molecule has 7 heteroatoms. The van der Waals surface area contributed by atoms with Gasteiger partial charge in [-0.15, -0.1) is 0 Å². The quantitative estimate of drug-likeness (QED) is 0.856. The van der Waals surface area contributed by atoms with Gasteiger partial charge in [0.05, 0.1) is 24.7 Å². The van der Waals surface area contributed by atoms with Gasteiger partial charge in [-0.05, 0) is 55.8 Å². The van der Waals surface area contributed by atoms with Crippen LogP contribution in [0.1, 0.15) is 39.5 Å². The largest absolute Gasteiger partial charge is 0.453 e. The fourth-order valence-corrected chi connectivity index (χ4v) is 2.93. The third-order valence-electron chi connectivity index (χ3n) is 3.71. The number of likely N-dealkylation sites (tertiary alicyclic amines) is 1. The first-order chi connectivity index (χ1) is 10.7. The number of furan rings is 1. The van der Waals surface area contributed by atoms with Crippen LogP contribution >= 0.6 is 15.9 Å². The number of hydrogen-bond donors (Lipinski definition) is 1. The van der Waals surface area contributed by atoms with E-state index in [1.807, 2.05) is 39.8 Å². The lowest BCUT2D eigenvalue weighted by atomic mass is 10.1. The van der Waals surface area contributed by atoms with E-state index >= 15 is 0 Å². The second-order valence-electron chi connectivity index (χ2n) is 6.80.